The van der Waals surface area contributed by atoms with Crippen LogP contribution in [-0.4, -0.2) is 41.2 Å². The third-order valence-electron chi connectivity index (χ3n) is 4.78. The summed E-state index contributed by atoms with van der Waals surface area (Å²) in [6, 6.07) is 4.36. The highest BCUT2D eigenvalue weighted by atomic mass is 127. The molecule has 0 unspecified atom stereocenters. The van der Waals surface area contributed by atoms with Crippen LogP contribution in [0.5, 0.6) is 0 Å². The fraction of sp³-hybridized carbons (Fsp3) is 0.238. The second kappa shape index (κ2) is 11.0. The first-order valence-corrected chi connectivity index (χ1v) is 13.7. The molecule has 7 nitrogen and oxygen atoms in total. The molecular weight excluding hydrogens is 887 g/mol. The van der Waals surface area contributed by atoms with Crippen molar-refractivity contribution < 1.29 is 28.3 Å². The average Bonchev–Trinajstić information content (AvgIpc) is 3.01. The van der Waals surface area contributed by atoms with Crippen LogP contribution in [0.1, 0.15) is 34.6 Å². The van der Waals surface area contributed by atoms with E-state index in [0.29, 0.717) is 7.14 Å². The summed E-state index contributed by atoms with van der Waals surface area (Å²) in [6.07, 6.45) is 0. The van der Waals surface area contributed by atoms with Crippen LogP contribution in [0, 0.1) is 26.0 Å². The molecule has 2 aromatic carbocycles. The van der Waals surface area contributed by atoms with Crippen LogP contribution in [0.15, 0.2) is 24.3 Å². The van der Waals surface area contributed by atoms with Gasteiger partial charge in [-0.1, -0.05) is 26.0 Å². The number of hydrogen-bond donors (Lipinski definition) is 1. The van der Waals surface area contributed by atoms with Crippen molar-refractivity contribution in [2.75, 3.05) is 11.9 Å². The van der Waals surface area contributed by atoms with E-state index >= 15 is 0 Å². The Balaban J connectivity index is 1.82. The average molecular weight is 902 g/mol. The van der Waals surface area contributed by atoms with E-state index in [1.807, 2.05) is 45.2 Å². The Kier molecular flexibility index (Phi) is 8.96. The van der Waals surface area contributed by atoms with Crippen molar-refractivity contribution in [2.24, 2.45) is 5.92 Å². The summed E-state index contributed by atoms with van der Waals surface area (Å²) in [5.41, 5.74) is 0.490. The van der Waals surface area contributed by atoms with Gasteiger partial charge >= 0.3 is 5.97 Å². The number of fused-ring (bicyclic) bond motifs is 1. The molecule has 3 amide bonds. The van der Waals surface area contributed by atoms with Gasteiger partial charge in [0, 0.05) is 14.3 Å². The summed E-state index contributed by atoms with van der Waals surface area (Å²) < 4.78 is 21.9. The quantitative estimate of drug-likeness (QED) is 0.144. The van der Waals surface area contributed by atoms with Gasteiger partial charge in [0.1, 0.15) is 11.9 Å². The molecule has 33 heavy (non-hydrogen) atoms. The molecule has 2 aromatic rings. The first-order chi connectivity index (χ1) is 15.5. The number of hydrogen-bond acceptors (Lipinski definition) is 5. The molecule has 1 aliphatic heterocycles. The van der Waals surface area contributed by atoms with Crippen molar-refractivity contribution in [1.82, 2.24) is 4.90 Å². The summed E-state index contributed by atoms with van der Waals surface area (Å²) in [5.74, 6) is -3.88. The first-order valence-electron chi connectivity index (χ1n) is 9.42. The summed E-state index contributed by atoms with van der Waals surface area (Å²) >= 11 is 8.31. The summed E-state index contributed by atoms with van der Waals surface area (Å²) in [5, 5.41) is 2.32. The zero-order chi connectivity index (χ0) is 24.6. The zero-order valence-corrected chi connectivity index (χ0v) is 25.7. The van der Waals surface area contributed by atoms with E-state index in [1.165, 1.54) is 18.2 Å². The maximum absolute atomic E-state index is 13.7. The van der Waals surface area contributed by atoms with Crippen molar-refractivity contribution >= 4 is 120 Å². The van der Waals surface area contributed by atoms with Crippen LogP contribution >= 0.6 is 90.4 Å². The van der Waals surface area contributed by atoms with Crippen LogP contribution < -0.4 is 5.32 Å². The Labute approximate surface area is 243 Å². The predicted octanol–water partition coefficient (Wildman–Crippen LogP) is 5.05. The summed E-state index contributed by atoms with van der Waals surface area (Å²) in [7, 11) is 0. The number of carbonyl (C=O) groups excluding carboxylic acids is 4. The van der Waals surface area contributed by atoms with E-state index in [1.54, 1.807) is 19.9 Å². The molecule has 0 saturated carbocycles. The summed E-state index contributed by atoms with van der Waals surface area (Å²) in [6.45, 7) is 2.67. The Morgan fingerprint density at radius 1 is 0.970 bits per heavy atom. The third kappa shape index (κ3) is 5.31. The van der Waals surface area contributed by atoms with Crippen molar-refractivity contribution in [3.63, 3.8) is 0 Å². The SMILES string of the molecule is CC(C)[C@H](C(=O)OCC(=O)Nc1ccccc1F)N1C(=O)c2c(I)c(I)c(I)c(I)c2C1=O. The van der Waals surface area contributed by atoms with Gasteiger partial charge in [0.25, 0.3) is 17.7 Å². The number of halogens is 5. The molecule has 0 spiro atoms. The molecule has 0 aromatic heterocycles. The molecule has 12 heteroatoms. The van der Waals surface area contributed by atoms with Crippen LogP contribution in [0.3, 0.4) is 0 Å². The van der Waals surface area contributed by atoms with E-state index in [9.17, 15) is 23.6 Å². The molecule has 0 aliphatic carbocycles. The second-order valence-corrected chi connectivity index (χ2v) is 11.6. The smallest absolute Gasteiger partial charge is 0.330 e. The number of anilines is 1. The van der Waals surface area contributed by atoms with Crippen molar-refractivity contribution in [3.05, 3.63) is 55.5 Å². The highest BCUT2D eigenvalue weighted by Gasteiger charge is 2.47. The molecule has 0 bridgehead atoms. The minimum Gasteiger partial charge on any atom is -0.454 e. The van der Waals surface area contributed by atoms with E-state index in [2.05, 4.69) is 50.5 Å². The van der Waals surface area contributed by atoms with E-state index < -0.39 is 48.1 Å². The fourth-order valence-electron chi connectivity index (χ4n) is 3.27. The van der Waals surface area contributed by atoms with Crippen LogP contribution in [0.25, 0.3) is 0 Å². The third-order valence-corrected chi connectivity index (χ3v) is 12.2. The molecule has 1 heterocycles. The van der Waals surface area contributed by atoms with Gasteiger partial charge in [0.2, 0.25) is 0 Å². The van der Waals surface area contributed by atoms with Gasteiger partial charge in [0.15, 0.2) is 6.61 Å². The fourth-order valence-corrected chi connectivity index (χ4v) is 6.92. The number of ether oxygens (including phenoxy) is 1. The van der Waals surface area contributed by atoms with Gasteiger partial charge in [-0.3, -0.25) is 19.3 Å². The van der Waals surface area contributed by atoms with Crippen LogP contribution in [0.4, 0.5) is 10.1 Å². The molecule has 174 valence electrons. The standard InChI is InChI=1S/C21H15FI4N2O5/c1-8(2)18(21(32)33-7-11(29)27-10-6-4-3-5-9(10)22)28-19(30)12-13(20(28)31)15(24)17(26)16(25)14(12)23/h3-6,8,18H,7H2,1-2H3,(H,27,29)/t18-/m1/s1. The normalized spacial score (nSPS) is 13.9. The Bertz CT molecular complexity index is 1140. The number of benzene rings is 2. The van der Waals surface area contributed by atoms with Crippen molar-refractivity contribution in [2.45, 2.75) is 19.9 Å². The van der Waals surface area contributed by atoms with Gasteiger partial charge < -0.3 is 10.1 Å². The molecular formula is C21H15FI4N2O5. The predicted molar refractivity (Wildman–Crippen MR) is 152 cm³/mol. The number of imide groups is 1. The van der Waals surface area contributed by atoms with Crippen LogP contribution in [0.2, 0.25) is 0 Å². The maximum atomic E-state index is 13.7. The largest absolute Gasteiger partial charge is 0.454 e. The highest BCUT2D eigenvalue weighted by Crippen LogP contribution is 2.39. The minimum absolute atomic E-state index is 0.0485. The molecule has 0 fully saturated rings. The summed E-state index contributed by atoms with van der Waals surface area (Å²) in [4.78, 5) is 52.5. The highest BCUT2D eigenvalue weighted by molar-refractivity contribution is 14.1. The lowest BCUT2D eigenvalue weighted by molar-refractivity contribution is -0.152. The van der Waals surface area contributed by atoms with Gasteiger partial charge in [-0.05, 0) is 108 Å². The van der Waals surface area contributed by atoms with Gasteiger partial charge in [-0.25, -0.2) is 9.18 Å². The molecule has 0 radical (unpaired) electrons. The molecule has 3 rings (SSSR count). The van der Waals surface area contributed by atoms with E-state index in [0.717, 1.165) is 12.0 Å². The van der Waals surface area contributed by atoms with Crippen LogP contribution in [-0.2, 0) is 14.3 Å². The molecule has 0 saturated heterocycles. The Hall–Kier alpha value is -0.630. The molecule has 1 atom stereocenters. The van der Waals surface area contributed by atoms with E-state index in [-0.39, 0.29) is 16.8 Å². The van der Waals surface area contributed by atoms with Gasteiger partial charge in [-0.15, -0.1) is 0 Å². The Morgan fingerprint density at radius 2 is 1.48 bits per heavy atom. The lowest BCUT2D eigenvalue weighted by atomic mass is 10.0. The van der Waals surface area contributed by atoms with Crippen molar-refractivity contribution in [3.8, 4) is 0 Å². The Morgan fingerprint density at radius 3 is 1.97 bits per heavy atom. The number of carbonyl (C=O) groups is 4. The molecule has 1 aliphatic rings. The first kappa shape index (κ1) is 27.0. The number of nitrogens with zero attached hydrogens (tertiary/aromatic N) is 1. The number of para-hydroxylation sites is 1. The molecule has 1 N–H and O–H groups in total. The number of esters is 1. The number of amides is 3. The van der Waals surface area contributed by atoms with Gasteiger partial charge in [-0.2, -0.15) is 0 Å². The minimum atomic E-state index is -1.22. The lowest BCUT2D eigenvalue weighted by Gasteiger charge is -2.27. The van der Waals surface area contributed by atoms with Crippen molar-refractivity contribution in [1.29, 1.82) is 0 Å². The monoisotopic (exact) mass is 902 g/mol. The lowest BCUT2D eigenvalue weighted by Crippen LogP contribution is -2.49. The zero-order valence-electron chi connectivity index (χ0n) is 17.0. The van der Waals surface area contributed by atoms with E-state index in [4.69, 9.17) is 4.74 Å². The second-order valence-electron chi connectivity index (χ2n) is 7.31. The number of rotatable bonds is 6. The van der Waals surface area contributed by atoms with Gasteiger partial charge in [0.05, 0.1) is 16.8 Å². The number of nitrogens with one attached hydrogen (secondary N) is 1. The maximum Gasteiger partial charge on any atom is 0.330 e. The topological polar surface area (TPSA) is 92.8 Å².